The maximum Gasteiger partial charge on any atom is 0.0626 e. The zero-order valence-electron chi connectivity index (χ0n) is 9.91. The summed E-state index contributed by atoms with van der Waals surface area (Å²) in [5.41, 5.74) is 3.30. The Bertz CT molecular complexity index is 603. The van der Waals surface area contributed by atoms with Gasteiger partial charge in [-0.2, -0.15) is 0 Å². The van der Waals surface area contributed by atoms with Gasteiger partial charge in [0.05, 0.1) is 18.2 Å². The van der Waals surface area contributed by atoms with E-state index >= 15 is 0 Å². The van der Waals surface area contributed by atoms with Crippen molar-refractivity contribution in [2.75, 3.05) is 13.2 Å². The number of benzene rings is 1. The van der Waals surface area contributed by atoms with Crippen LogP contribution in [-0.2, 0) is 0 Å². The third kappa shape index (κ3) is 1.85. The monoisotopic (exact) mass is 262 g/mol. The van der Waals surface area contributed by atoms with Crippen LogP contribution in [0.25, 0.3) is 16.5 Å². The van der Waals surface area contributed by atoms with Crippen LogP contribution in [0.2, 0.25) is 5.02 Å². The Morgan fingerprint density at radius 1 is 1.33 bits per heavy atom. The molecule has 0 saturated carbocycles. The Hall–Kier alpha value is -1.29. The molecule has 0 fully saturated rings. The molecule has 1 aliphatic rings. The molecule has 2 heterocycles. The number of aliphatic hydroxyl groups is 1. The van der Waals surface area contributed by atoms with Crippen LogP contribution in [0, 0.1) is 0 Å². The Kier molecular flexibility index (Phi) is 3.12. The minimum atomic E-state index is 0.00595. The van der Waals surface area contributed by atoms with Gasteiger partial charge in [-0.15, -0.1) is 0 Å². The molecule has 1 aromatic heterocycles. The minimum absolute atomic E-state index is 0.00595. The number of H-pyrrole nitrogens is 1. The highest BCUT2D eigenvalue weighted by atomic mass is 35.5. The lowest BCUT2D eigenvalue weighted by molar-refractivity contribution is 0.266. The summed E-state index contributed by atoms with van der Waals surface area (Å²) in [6.45, 7) is 1.02. The lowest BCUT2D eigenvalue weighted by Crippen LogP contribution is -2.37. The molecular weight excluding hydrogens is 248 g/mol. The van der Waals surface area contributed by atoms with Crippen LogP contribution in [0.4, 0.5) is 0 Å². The normalized spacial score (nSPS) is 20.1. The summed E-state index contributed by atoms with van der Waals surface area (Å²) in [6, 6.07) is 5.91. The lowest BCUT2D eigenvalue weighted by atomic mass is 9.93. The number of aliphatic hydroxyl groups excluding tert-OH is 1. The van der Waals surface area contributed by atoms with Gasteiger partial charge in [0, 0.05) is 22.2 Å². The molecule has 1 atom stereocenters. The van der Waals surface area contributed by atoms with E-state index in [-0.39, 0.29) is 12.6 Å². The number of halogens is 1. The van der Waals surface area contributed by atoms with E-state index in [0.717, 1.165) is 40.0 Å². The van der Waals surface area contributed by atoms with Gasteiger partial charge < -0.3 is 15.4 Å². The fourth-order valence-corrected chi connectivity index (χ4v) is 2.78. The lowest BCUT2D eigenvalue weighted by Gasteiger charge is -2.24. The number of fused-ring (bicyclic) bond motifs is 1. The van der Waals surface area contributed by atoms with E-state index in [1.165, 1.54) is 0 Å². The molecule has 3 nitrogen and oxygen atoms in total. The van der Waals surface area contributed by atoms with Gasteiger partial charge in [-0.1, -0.05) is 23.7 Å². The van der Waals surface area contributed by atoms with Gasteiger partial charge in [0.15, 0.2) is 0 Å². The summed E-state index contributed by atoms with van der Waals surface area (Å²) in [7, 11) is 0. The predicted octanol–water partition coefficient (Wildman–Crippen LogP) is 2.56. The molecule has 0 spiro atoms. The molecule has 0 bridgehead atoms. The number of nitrogens with one attached hydrogen (secondary N) is 2. The fraction of sp³-hybridized carbons (Fsp3) is 0.286. The minimum Gasteiger partial charge on any atom is -0.394 e. The van der Waals surface area contributed by atoms with Crippen molar-refractivity contribution in [3.05, 3.63) is 41.1 Å². The second-order valence-corrected chi connectivity index (χ2v) is 4.91. The highest BCUT2D eigenvalue weighted by Gasteiger charge is 2.20. The van der Waals surface area contributed by atoms with E-state index in [4.69, 9.17) is 11.6 Å². The quantitative estimate of drug-likeness (QED) is 0.779. The van der Waals surface area contributed by atoms with Gasteiger partial charge in [-0.05, 0) is 30.7 Å². The predicted molar refractivity (Wildman–Crippen MR) is 74.8 cm³/mol. The zero-order chi connectivity index (χ0) is 12.5. The van der Waals surface area contributed by atoms with Gasteiger partial charge in [0.2, 0.25) is 0 Å². The van der Waals surface area contributed by atoms with Crippen molar-refractivity contribution in [2.24, 2.45) is 0 Å². The first-order valence-electron chi connectivity index (χ1n) is 6.11. The van der Waals surface area contributed by atoms with E-state index in [9.17, 15) is 5.11 Å². The zero-order valence-corrected chi connectivity index (χ0v) is 10.7. The van der Waals surface area contributed by atoms with Crippen molar-refractivity contribution in [3.8, 4) is 0 Å². The van der Waals surface area contributed by atoms with Crippen LogP contribution in [0.15, 0.2) is 30.5 Å². The Balaban J connectivity index is 2.16. The average molecular weight is 263 g/mol. The number of aromatic nitrogens is 1. The number of aromatic amines is 1. The van der Waals surface area contributed by atoms with E-state index in [1.807, 2.05) is 24.4 Å². The van der Waals surface area contributed by atoms with Crippen LogP contribution in [0.1, 0.15) is 12.0 Å². The van der Waals surface area contributed by atoms with E-state index in [2.05, 4.69) is 16.4 Å². The first-order valence-corrected chi connectivity index (χ1v) is 6.49. The fourth-order valence-electron chi connectivity index (χ4n) is 2.56. The maximum absolute atomic E-state index is 9.46. The second kappa shape index (κ2) is 4.76. The Morgan fingerprint density at radius 2 is 2.22 bits per heavy atom. The van der Waals surface area contributed by atoms with Crippen molar-refractivity contribution in [2.45, 2.75) is 12.5 Å². The molecule has 18 heavy (non-hydrogen) atoms. The molecule has 0 amide bonds. The summed E-state index contributed by atoms with van der Waals surface area (Å²) in [4.78, 5) is 3.24. The van der Waals surface area contributed by atoms with Crippen molar-refractivity contribution in [1.29, 1.82) is 0 Å². The van der Waals surface area contributed by atoms with Crippen LogP contribution in [0.5, 0.6) is 0 Å². The molecule has 1 aromatic carbocycles. The molecule has 4 heteroatoms. The smallest absolute Gasteiger partial charge is 0.0626 e. The maximum atomic E-state index is 9.46. The molecule has 3 rings (SSSR count). The average Bonchev–Trinajstić information content (AvgIpc) is 2.89. The van der Waals surface area contributed by atoms with Crippen LogP contribution in [0.3, 0.4) is 0 Å². The number of hydrogen-bond acceptors (Lipinski definition) is 2. The highest BCUT2D eigenvalue weighted by molar-refractivity contribution is 6.35. The van der Waals surface area contributed by atoms with Crippen molar-refractivity contribution in [3.63, 3.8) is 0 Å². The standard InChI is InChI=1S/C14H15ClN2O/c15-12-4-3-10(14-11(12)5-7-17-14)9-2-1-6-16-13(9)8-18/h2-5,7,13,16-18H,1,6,8H2. The molecule has 1 aliphatic heterocycles. The van der Waals surface area contributed by atoms with Crippen LogP contribution < -0.4 is 5.32 Å². The molecule has 0 aliphatic carbocycles. The number of hydrogen-bond donors (Lipinski definition) is 3. The van der Waals surface area contributed by atoms with Crippen molar-refractivity contribution < 1.29 is 5.11 Å². The van der Waals surface area contributed by atoms with E-state index in [1.54, 1.807) is 0 Å². The Labute approximate surface area is 110 Å². The summed E-state index contributed by atoms with van der Waals surface area (Å²) >= 11 is 6.18. The number of rotatable bonds is 2. The molecule has 94 valence electrons. The van der Waals surface area contributed by atoms with Gasteiger partial charge in [-0.25, -0.2) is 0 Å². The highest BCUT2D eigenvalue weighted by Crippen LogP contribution is 2.32. The van der Waals surface area contributed by atoms with Gasteiger partial charge in [0.1, 0.15) is 0 Å². The molecule has 1 unspecified atom stereocenters. The Morgan fingerprint density at radius 3 is 3.06 bits per heavy atom. The largest absolute Gasteiger partial charge is 0.394 e. The molecular formula is C14H15ClN2O. The van der Waals surface area contributed by atoms with Gasteiger partial charge >= 0.3 is 0 Å². The van der Waals surface area contributed by atoms with Gasteiger partial charge in [0.25, 0.3) is 0 Å². The second-order valence-electron chi connectivity index (χ2n) is 4.50. The summed E-state index contributed by atoms with van der Waals surface area (Å²) in [6.07, 6.45) is 5.07. The summed E-state index contributed by atoms with van der Waals surface area (Å²) < 4.78 is 0. The molecule has 0 radical (unpaired) electrons. The molecule has 0 saturated heterocycles. The summed E-state index contributed by atoms with van der Waals surface area (Å²) in [5.74, 6) is 0. The SMILES string of the molecule is OCC1NCCC=C1c1ccc(Cl)c2cc[nH]c12. The van der Waals surface area contributed by atoms with E-state index < -0.39 is 0 Å². The molecule has 2 aromatic rings. The van der Waals surface area contributed by atoms with Crippen molar-refractivity contribution >= 4 is 28.1 Å². The first kappa shape index (κ1) is 11.8. The first-order chi connectivity index (χ1) is 8.81. The van der Waals surface area contributed by atoms with Gasteiger partial charge in [-0.3, -0.25) is 0 Å². The van der Waals surface area contributed by atoms with Crippen LogP contribution >= 0.6 is 11.6 Å². The summed E-state index contributed by atoms with van der Waals surface area (Å²) in [5, 5.41) is 14.6. The van der Waals surface area contributed by atoms with E-state index in [0.29, 0.717) is 0 Å². The third-order valence-electron chi connectivity index (χ3n) is 3.44. The third-order valence-corrected chi connectivity index (χ3v) is 3.77. The van der Waals surface area contributed by atoms with Crippen molar-refractivity contribution in [1.82, 2.24) is 10.3 Å². The van der Waals surface area contributed by atoms with Crippen LogP contribution in [-0.4, -0.2) is 29.3 Å². The topological polar surface area (TPSA) is 48.0 Å². The molecule has 3 N–H and O–H groups in total.